The number of para-hydroxylation sites is 1. The minimum atomic E-state index is -0.557. The van der Waals surface area contributed by atoms with E-state index in [1.54, 1.807) is 0 Å². The largest absolute Gasteiger partial charge is 0.455 e. The van der Waals surface area contributed by atoms with E-state index in [0.29, 0.717) is 0 Å². The maximum atomic E-state index is 6.73. The summed E-state index contributed by atoms with van der Waals surface area (Å²) in [6, 6.07) is 101. The van der Waals surface area contributed by atoms with Gasteiger partial charge in [0.2, 0.25) is 0 Å². The number of nitrogens with zero attached hydrogens (tertiary/aromatic N) is 1. The summed E-state index contributed by atoms with van der Waals surface area (Å²) in [4.78, 5) is 5.15. The first-order valence-electron chi connectivity index (χ1n) is 25.9. The van der Waals surface area contributed by atoms with Crippen LogP contribution in [0.4, 0.5) is 17.1 Å². The second-order valence-electron chi connectivity index (χ2n) is 20.2. The van der Waals surface area contributed by atoms with Crippen LogP contribution >= 0.6 is 11.8 Å². The highest BCUT2D eigenvalue weighted by molar-refractivity contribution is 7.99. The molecular weight excluding hydrogens is 927 g/mol. The molecule has 75 heavy (non-hydrogen) atoms. The van der Waals surface area contributed by atoms with E-state index in [1.807, 2.05) is 11.8 Å². The molecule has 0 N–H and O–H groups in total. The molecule has 3 aliphatic rings. The third kappa shape index (κ3) is 5.82. The lowest BCUT2D eigenvalue weighted by Gasteiger charge is -2.39. The van der Waals surface area contributed by atoms with Crippen LogP contribution in [0.2, 0.25) is 0 Å². The summed E-state index contributed by atoms with van der Waals surface area (Å²) in [5, 5.41) is 4.39. The summed E-state index contributed by atoms with van der Waals surface area (Å²) >= 11 is 1.89. The number of hydrogen-bond donors (Lipinski definition) is 0. The van der Waals surface area contributed by atoms with Gasteiger partial charge in [-0.05, 0) is 121 Å². The Morgan fingerprint density at radius 2 is 0.853 bits per heavy atom. The van der Waals surface area contributed by atoms with Crippen LogP contribution in [0.5, 0.6) is 0 Å². The quantitative estimate of drug-likeness (QED) is 0.165. The van der Waals surface area contributed by atoms with Crippen LogP contribution in [0.25, 0.3) is 66.1 Å². The van der Waals surface area contributed by atoms with Crippen LogP contribution in [-0.2, 0) is 10.8 Å². The molecule has 1 aromatic heterocycles. The fraction of sp³-hybridized carbons (Fsp3) is 0.0278. The van der Waals surface area contributed by atoms with Crippen molar-refractivity contribution in [1.29, 1.82) is 0 Å². The van der Waals surface area contributed by atoms with Crippen molar-refractivity contribution in [1.82, 2.24) is 0 Å². The van der Waals surface area contributed by atoms with E-state index >= 15 is 0 Å². The maximum Gasteiger partial charge on any atom is 0.143 e. The van der Waals surface area contributed by atoms with Crippen molar-refractivity contribution in [3.05, 3.63) is 317 Å². The Kier molecular flexibility index (Phi) is 9.14. The van der Waals surface area contributed by atoms with Crippen molar-refractivity contribution in [3.63, 3.8) is 0 Å². The summed E-state index contributed by atoms with van der Waals surface area (Å²) in [5.74, 6) is 0. The molecule has 12 aromatic carbocycles. The minimum absolute atomic E-state index is 0.412. The summed E-state index contributed by atoms with van der Waals surface area (Å²) in [5.41, 5.74) is 21.9. The van der Waals surface area contributed by atoms with Gasteiger partial charge in [-0.15, -0.1) is 0 Å². The Morgan fingerprint density at radius 1 is 0.320 bits per heavy atom. The Balaban J connectivity index is 0.923. The monoisotopic (exact) mass is 971 g/mol. The second-order valence-corrected chi connectivity index (χ2v) is 21.3. The number of furan rings is 1. The molecule has 2 aliphatic carbocycles. The summed E-state index contributed by atoms with van der Waals surface area (Å²) in [6.45, 7) is 0. The van der Waals surface area contributed by atoms with Crippen LogP contribution in [0.15, 0.2) is 287 Å². The van der Waals surface area contributed by atoms with Gasteiger partial charge < -0.3 is 9.32 Å². The molecule has 2 heterocycles. The van der Waals surface area contributed by atoms with Crippen LogP contribution in [-0.4, -0.2) is 0 Å². The van der Waals surface area contributed by atoms with Gasteiger partial charge in [0.25, 0.3) is 0 Å². The Morgan fingerprint density at radius 3 is 1.56 bits per heavy atom. The van der Waals surface area contributed by atoms with Gasteiger partial charge in [0.05, 0.1) is 22.2 Å². The van der Waals surface area contributed by atoms with Gasteiger partial charge >= 0.3 is 0 Å². The molecule has 0 unspecified atom stereocenters. The van der Waals surface area contributed by atoms with Crippen LogP contribution in [0.3, 0.4) is 0 Å². The first kappa shape index (κ1) is 42.4. The molecule has 1 aliphatic heterocycles. The predicted molar refractivity (Wildman–Crippen MR) is 310 cm³/mol. The smallest absolute Gasteiger partial charge is 0.143 e. The molecule has 16 rings (SSSR count). The average molecular weight is 972 g/mol. The van der Waals surface area contributed by atoms with Gasteiger partial charge in [-0.1, -0.05) is 236 Å². The van der Waals surface area contributed by atoms with E-state index in [1.165, 1.54) is 82.1 Å². The molecule has 350 valence electrons. The number of rotatable bonds is 6. The molecule has 0 radical (unpaired) electrons. The molecule has 2 nitrogen and oxygen atoms in total. The lowest BCUT2D eigenvalue weighted by atomic mass is 9.67. The normalized spacial score (nSPS) is 14.0. The first-order chi connectivity index (χ1) is 37.2. The van der Waals surface area contributed by atoms with Gasteiger partial charge in [0.15, 0.2) is 0 Å². The highest BCUT2D eigenvalue weighted by Gasteiger charge is 2.51. The summed E-state index contributed by atoms with van der Waals surface area (Å²) in [7, 11) is 0. The molecule has 3 heteroatoms. The Bertz CT molecular complexity index is 4370. The van der Waals surface area contributed by atoms with Gasteiger partial charge in [-0.2, -0.15) is 0 Å². The Labute approximate surface area is 439 Å². The lowest BCUT2D eigenvalue weighted by molar-refractivity contribution is 0.672. The van der Waals surface area contributed by atoms with Gasteiger partial charge in [0, 0.05) is 42.6 Å². The third-order valence-corrected chi connectivity index (χ3v) is 17.8. The van der Waals surface area contributed by atoms with Crippen molar-refractivity contribution in [2.75, 3.05) is 4.90 Å². The van der Waals surface area contributed by atoms with Gasteiger partial charge in [-0.25, -0.2) is 0 Å². The zero-order valence-electron chi connectivity index (χ0n) is 40.7. The molecule has 1 spiro atoms. The number of benzene rings is 12. The summed E-state index contributed by atoms with van der Waals surface area (Å²) < 4.78 is 6.73. The van der Waals surface area contributed by atoms with E-state index in [0.717, 1.165) is 55.3 Å². The molecule has 0 bridgehead atoms. The molecule has 0 saturated carbocycles. The molecule has 0 atom stereocenters. The van der Waals surface area contributed by atoms with Crippen LogP contribution in [0.1, 0.15) is 44.5 Å². The van der Waals surface area contributed by atoms with E-state index in [-0.39, 0.29) is 0 Å². The van der Waals surface area contributed by atoms with Crippen LogP contribution < -0.4 is 4.90 Å². The minimum Gasteiger partial charge on any atom is -0.455 e. The number of fused-ring (bicyclic) bond motifs is 17. The second kappa shape index (κ2) is 16.2. The average Bonchev–Trinajstić information content (AvgIpc) is 4.27. The van der Waals surface area contributed by atoms with E-state index in [4.69, 9.17) is 4.42 Å². The zero-order valence-corrected chi connectivity index (χ0v) is 41.6. The van der Waals surface area contributed by atoms with E-state index in [2.05, 4.69) is 278 Å². The van der Waals surface area contributed by atoms with Gasteiger partial charge in [0.1, 0.15) is 11.2 Å². The van der Waals surface area contributed by atoms with Gasteiger partial charge in [-0.3, -0.25) is 0 Å². The number of hydrogen-bond acceptors (Lipinski definition) is 3. The molecule has 13 aromatic rings. The van der Waals surface area contributed by atoms with E-state index in [9.17, 15) is 0 Å². The lowest BCUT2D eigenvalue weighted by Crippen LogP contribution is -2.31. The molecule has 0 amide bonds. The van der Waals surface area contributed by atoms with Crippen molar-refractivity contribution in [2.45, 2.75) is 20.6 Å². The molecule has 0 fully saturated rings. The zero-order chi connectivity index (χ0) is 49.2. The fourth-order valence-corrected chi connectivity index (χ4v) is 14.8. The van der Waals surface area contributed by atoms with Crippen molar-refractivity contribution in [3.8, 4) is 33.4 Å². The summed E-state index contributed by atoms with van der Waals surface area (Å²) in [6.07, 6.45) is 0. The van der Waals surface area contributed by atoms with E-state index < -0.39 is 10.8 Å². The van der Waals surface area contributed by atoms with Crippen molar-refractivity contribution < 1.29 is 4.42 Å². The number of anilines is 3. The highest BCUT2D eigenvalue weighted by Crippen LogP contribution is 2.63. The van der Waals surface area contributed by atoms with Crippen LogP contribution in [0, 0.1) is 0 Å². The first-order valence-corrected chi connectivity index (χ1v) is 26.7. The standard InChI is InChI=1S/C72H45NOS/c1-3-20-48(21-4-1)71(49-22-5-2-6-23-49)59-30-13-10-28-55(59)69-63(71)33-19-34-64(69)73(65-45-57-53-26-11-16-35-66(53)74-70(57)54-27-8-7-25-52(54)65)50-41-38-46(39-42-50)47-40-43-60-56(44-47)51-24-9-12-29-58(51)72(60)61-31-14-17-36-67(61)75-68-37-18-15-32-62(68)72/h1-45H. The molecular formula is C72H45NOS. The van der Waals surface area contributed by atoms with Crippen molar-refractivity contribution >= 4 is 61.5 Å². The van der Waals surface area contributed by atoms with Crippen molar-refractivity contribution in [2.24, 2.45) is 0 Å². The predicted octanol–water partition coefficient (Wildman–Crippen LogP) is 19.1. The fourth-order valence-electron chi connectivity index (χ4n) is 13.6. The maximum absolute atomic E-state index is 6.73. The molecule has 0 saturated heterocycles. The topological polar surface area (TPSA) is 16.4 Å². The third-order valence-electron chi connectivity index (χ3n) is 16.6. The highest BCUT2D eigenvalue weighted by atomic mass is 32.2. The Hall–Kier alpha value is -9.15. The SMILES string of the molecule is c1ccc(C2(c3ccccc3)c3ccccc3-c3c(N(c4ccc(-c5ccc6c(c5)-c5ccccc5C65c6ccccc6Sc6ccccc65)cc4)c4cc5c6ccccc6oc5c5ccccc45)cccc32)cc1.